The number of hydrogen-bond donors (Lipinski definition) is 1. The van der Waals surface area contributed by atoms with Crippen LogP contribution in [0, 0.1) is 0 Å². The second-order valence-electron chi connectivity index (χ2n) is 7.60. The standard InChI is InChI=1S/C20H27N5O/c1-14(2)19-23-22-18-8-10-24(11-12-25(18)19)20(26)17-6-4-3-5-16(17)15-7-9-21-13-15/h3-6,14-15,21H,7-13H2,1-2H3/t15-/m0/s1. The molecule has 3 heterocycles. The third-order valence-electron chi connectivity index (χ3n) is 5.55. The molecular formula is C20H27N5O. The van der Waals surface area contributed by atoms with E-state index in [1.165, 1.54) is 5.56 Å². The average molecular weight is 353 g/mol. The second-order valence-corrected chi connectivity index (χ2v) is 7.60. The Hall–Kier alpha value is -2.21. The summed E-state index contributed by atoms with van der Waals surface area (Å²) in [5.41, 5.74) is 2.05. The Bertz CT molecular complexity index is 791. The normalized spacial score (nSPS) is 20.3. The van der Waals surface area contributed by atoms with Gasteiger partial charge in [0, 0.05) is 44.1 Å². The number of nitrogens with zero attached hydrogens (tertiary/aromatic N) is 4. The zero-order valence-electron chi connectivity index (χ0n) is 15.6. The molecule has 2 aliphatic heterocycles. The molecule has 6 heteroatoms. The molecule has 2 aromatic rings. The number of rotatable bonds is 3. The first-order chi connectivity index (χ1) is 12.6. The van der Waals surface area contributed by atoms with E-state index in [2.05, 4.69) is 40.0 Å². The van der Waals surface area contributed by atoms with Crippen molar-refractivity contribution in [1.82, 2.24) is 25.0 Å². The minimum Gasteiger partial charge on any atom is -0.336 e. The van der Waals surface area contributed by atoms with Gasteiger partial charge in [0.15, 0.2) is 0 Å². The lowest BCUT2D eigenvalue weighted by molar-refractivity contribution is 0.0757. The van der Waals surface area contributed by atoms with Crippen molar-refractivity contribution in [2.45, 2.75) is 45.1 Å². The number of amides is 1. The van der Waals surface area contributed by atoms with Gasteiger partial charge in [-0.2, -0.15) is 0 Å². The van der Waals surface area contributed by atoms with Crippen LogP contribution < -0.4 is 5.32 Å². The van der Waals surface area contributed by atoms with Crippen LogP contribution in [0.25, 0.3) is 0 Å². The summed E-state index contributed by atoms with van der Waals surface area (Å²) in [5.74, 6) is 2.95. The molecule has 6 nitrogen and oxygen atoms in total. The molecular weight excluding hydrogens is 326 g/mol. The average Bonchev–Trinajstić information content (AvgIpc) is 3.27. The van der Waals surface area contributed by atoms with Gasteiger partial charge in [0.1, 0.15) is 11.6 Å². The fourth-order valence-electron chi connectivity index (χ4n) is 4.11. The SMILES string of the molecule is CC(C)c1nnc2n1CCN(C(=O)c1ccccc1[C@H]1CCNC1)CC2. The highest BCUT2D eigenvalue weighted by molar-refractivity contribution is 5.96. The summed E-state index contributed by atoms with van der Waals surface area (Å²) < 4.78 is 2.20. The molecule has 138 valence electrons. The van der Waals surface area contributed by atoms with Crippen LogP contribution in [0.3, 0.4) is 0 Å². The van der Waals surface area contributed by atoms with Gasteiger partial charge in [0.05, 0.1) is 0 Å². The highest BCUT2D eigenvalue weighted by atomic mass is 16.2. The Morgan fingerprint density at radius 1 is 1.19 bits per heavy atom. The number of aromatic nitrogens is 3. The van der Waals surface area contributed by atoms with Gasteiger partial charge in [-0.1, -0.05) is 32.0 Å². The lowest BCUT2D eigenvalue weighted by atomic mass is 9.93. The highest BCUT2D eigenvalue weighted by Crippen LogP contribution is 2.27. The summed E-state index contributed by atoms with van der Waals surface area (Å²) in [5, 5.41) is 12.1. The molecule has 0 aliphatic carbocycles. The van der Waals surface area contributed by atoms with E-state index >= 15 is 0 Å². The van der Waals surface area contributed by atoms with E-state index in [1.54, 1.807) is 0 Å². The number of carbonyl (C=O) groups excluding carboxylic acids is 1. The predicted octanol–water partition coefficient (Wildman–Crippen LogP) is 2.18. The summed E-state index contributed by atoms with van der Waals surface area (Å²) in [7, 11) is 0. The number of carbonyl (C=O) groups is 1. The van der Waals surface area contributed by atoms with Crippen molar-refractivity contribution >= 4 is 5.91 Å². The molecule has 1 aromatic heterocycles. The van der Waals surface area contributed by atoms with Crippen LogP contribution in [0.4, 0.5) is 0 Å². The minimum atomic E-state index is 0.150. The van der Waals surface area contributed by atoms with Gasteiger partial charge in [-0.3, -0.25) is 4.79 Å². The predicted molar refractivity (Wildman–Crippen MR) is 100 cm³/mol. The second kappa shape index (κ2) is 7.19. The lowest BCUT2D eigenvalue weighted by Crippen LogP contribution is -2.34. The minimum absolute atomic E-state index is 0.150. The molecule has 2 aliphatic rings. The lowest BCUT2D eigenvalue weighted by Gasteiger charge is -2.23. The van der Waals surface area contributed by atoms with Gasteiger partial charge in [0.25, 0.3) is 5.91 Å². The van der Waals surface area contributed by atoms with Crippen molar-refractivity contribution in [3.05, 3.63) is 47.0 Å². The first kappa shape index (κ1) is 17.2. The van der Waals surface area contributed by atoms with Gasteiger partial charge in [-0.05, 0) is 30.5 Å². The fourth-order valence-corrected chi connectivity index (χ4v) is 4.11. The van der Waals surface area contributed by atoms with Crippen molar-refractivity contribution in [3.8, 4) is 0 Å². The monoisotopic (exact) mass is 353 g/mol. The molecule has 1 fully saturated rings. The van der Waals surface area contributed by atoms with Crippen molar-refractivity contribution in [1.29, 1.82) is 0 Å². The van der Waals surface area contributed by atoms with Crippen LogP contribution >= 0.6 is 0 Å². The van der Waals surface area contributed by atoms with Crippen LogP contribution in [0.15, 0.2) is 24.3 Å². The third-order valence-corrected chi connectivity index (χ3v) is 5.55. The fraction of sp³-hybridized carbons (Fsp3) is 0.550. The summed E-state index contributed by atoms with van der Waals surface area (Å²) in [6, 6.07) is 8.13. The first-order valence-corrected chi connectivity index (χ1v) is 9.66. The van der Waals surface area contributed by atoms with Gasteiger partial charge < -0.3 is 14.8 Å². The molecule has 0 bridgehead atoms. The van der Waals surface area contributed by atoms with E-state index in [1.807, 2.05) is 23.1 Å². The van der Waals surface area contributed by atoms with Crippen LogP contribution in [-0.2, 0) is 13.0 Å². The van der Waals surface area contributed by atoms with Crippen molar-refractivity contribution < 1.29 is 4.79 Å². The summed E-state index contributed by atoms with van der Waals surface area (Å²) in [6.45, 7) is 8.45. The van der Waals surface area contributed by atoms with E-state index in [0.29, 0.717) is 24.9 Å². The van der Waals surface area contributed by atoms with Gasteiger partial charge >= 0.3 is 0 Å². The maximum absolute atomic E-state index is 13.3. The Balaban J connectivity index is 1.55. The Morgan fingerprint density at radius 2 is 2.04 bits per heavy atom. The molecule has 1 aromatic carbocycles. The zero-order chi connectivity index (χ0) is 18.1. The third kappa shape index (κ3) is 3.14. The maximum Gasteiger partial charge on any atom is 0.254 e. The summed E-state index contributed by atoms with van der Waals surface area (Å²) >= 11 is 0. The molecule has 1 N–H and O–H groups in total. The number of benzene rings is 1. The smallest absolute Gasteiger partial charge is 0.254 e. The van der Waals surface area contributed by atoms with Crippen LogP contribution in [0.1, 0.15) is 59.7 Å². The Labute approximate surface area is 154 Å². The summed E-state index contributed by atoms with van der Waals surface area (Å²) in [6.07, 6.45) is 1.86. The van der Waals surface area contributed by atoms with Crippen molar-refractivity contribution in [2.75, 3.05) is 26.2 Å². The van der Waals surface area contributed by atoms with Crippen molar-refractivity contribution in [3.63, 3.8) is 0 Å². The topological polar surface area (TPSA) is 63.1 Å². The molecule has 0 saturated carbocycles. The largest absolute Gasteiger partial charge is 0.336 e. The molecule has 0 unspecified atom stereocenters. The summed E-state index contributed by atoms with van der Waals surface area (Å²) in [4.78, 5) is 15.3. The first-order valence-electron chi connectivity index (χ1n) is 9.66. The van der Waals surface area contributed by atoms with E-state index in [9.17, 15) is 4.79 Å². The van der Waals surface area contributed by atoms with E-state index in [-0.39, 0.29) is 5.91 Å². The van der Waals surface area contributed by atoms with Crippen LogP contribution in [-0.4, -0.2) is 51.8 Å². The van der Waals surface area contributed by atoms with Gasteiger partial charge in [-0.15, -0.1) is 10.2 Å². The van der Waals surface area contributed by atoms with E-state index in [4.69, 9.17) is 0 Å². The Morgan fingerprint density at radius 3 is 2.81 bits per heavy atom. The zero-order valence-corrected chi connectivity index (χ0v) is 15.6. The van der Waals surface area contributed by atoms with Crippen LogP contribution in [0.2, 0.25) is 0 Å². The quantitative estimate of drug-likeness (QED) is 0.919. The maximum atomic E-state index is 13.3. The van der Waals surface area contributed by atoms with Crippen molar-refractivity contribution in [2.24, 2.45) is 0 Å². The van der Waals surface area contributed by atoms with E-state index < -0.39 is 0 Å². The number of hydrogen-bond acceptors (Lipinski definition) is 4. The molecule has 1 atom stereocenters. The Kier molecular flexibility index (Phi) is 4.76. The number of fused-ring (bicyclic) bond motifs is 1. The van der Waals surface area contributed by atoms with E-state index in [0.717, 1.165) is 49.7 Å². The molecule has 1 saturated heterocycles. The molecule has 0 radical (unpaired) electrons. The number of nitrogens with one attached hydrogen (secondary N) is 1. The highest BCUT2D eigenvalue weighted by Gasteiger charge is 2.27. The molecule has 1 amide bonds. The molecule has 0 spiro atoms. The molecule has 26 heavy (non-hydrogen) atoms. The van der Waals surface area contributed by atoms with Gasteiger partial charge in [0.2, 0.25) is 0 Å². The molecule has 4 rings (SSSR count). The van der Waals surface area contributed by atoms with Crippen LogP contribution in [0.5, 0.6) is 0 Å². The van der Waals surface area contributed by atoms with Gasteiger partial charge in [-0.25, -0.2) is 0 Å².